The predicted molar refractivity (Wildman–Crippen MR) is 95.4 cm³/mol. The minimum Gasteiger partial charge on any atom is -0.338 e. The van der Waals surface area contributed by atoms with E-state index < -0.39 is 0 Å². The molecule has 0 aromatic heterocycles. The molecule has 0 unspecified atom stereocenters. The van der Waals surface area contributed by atoms with Crippen LogP contribution < -0.4 is 0 Å². The van der Waals surface area contributed by atoms with E-state index in [4.69, 9.17) is 9.47 Å². The lowest BCUT2D eigenvalue weighted by Crippen LogP contribution is -2.06. The molecule has 1 heterocycles. The van der Waals surface area contributed by atoms with Crippen molar-refractivity contribution < 1.29 is 9.47 Å². The predicted octanol–water partition coefficient (Wildman–Crippen LogP) is 5.51. The molecule has 0 radical (unpaired) electrons. The Morgan fingerprint density at radius 2 is 1.38 bits per heavy atom. The van der Waals surface area contributed by atoms with Crippen LogP contribution in [0.15, 0.2) is 84.5 Å². The van der Waals surface area contributed by atoms with Crippen molar-refractivity contribution in [3.63, 3.8) is 0 Å². The molecule has 0 N–H and O–H groups in total. The van der Waals surface area contributed by atoms with Crippen LogP contribution in [-0.4, -0.2) is 6.29 Å². The second-order valence-electron chi connectivity index (χ2n) is 6.33. The third kappa shape index (κ3) is 3.35. The first-order valence-corrected chi connectivity index (χ1v) is 8.68. The quantitative estimate of drug-likeness (QED) is 0.740. The van der Waals surface area contributed by atoms with Crippen molar-refractivity contribution in [2.45, 2.75) is 37.8 Å². The zero-order valence-corrected chi connectivity index (χ0v) is 13.7. The molecule has 1 fully saturated rings. The zero-order valence-electron chi connectivity index (χ0n) is 13.7. The smallest absolute Gasteiger partial charge is 0.178 e. The third-order valence-electron chi connectivity index (χ3n) is 4.64. The van der Waals surface area contributed by atoms with Gasteiger partial charge in [0.05, 0.1) is 0 Å². The van der Waals surface area contributed by atoms with Gasteiger partial charge in [0.15, 0.2) is 6.29 Å². The highest BCUT2D eigenvalue weighted by molar-refractivity contribution is 5.27. The van der Waals surface area contributed by atoms with Gasteiger partial charge in [0.2, 0.25) is 0 Å². The fraction of sp³-hybridized carbons (Fsp3) is 0.273. The fourth-order valence-corrected chi connectivity index (χ4v) is 3.40. The summed E-state index contributed by atoms with van der Waals surface area (Å²) in [7, 11) is 0. The Bertz CT molecular complexity index is 671. The van der Waals surface area contributed by atoms with Crippen LogP contribution in [0.3, 0.4) is 0 Å². The summed E-state index contributed by atoms with van der Waals surface area (Å²) in [6.45, 7) is 0. The van der Waals surface area contributed by atoms with E-state index in [0.29, 0.717) is 0 Å². The minimum absolute atomic E-state index is 0.0826. The first kappa shape index (κ1) is 15.4. The lowest BCUT2D eigenvalue weighted by Gasteiger charge is -2.17. The lowest BCUT2D eigenvalue weighted by atomic mass is 9.99. The van der Waals surface area contributed by atoms with Crippen LogP contribution in [0, 0.1) is 0 Å². The Kier molecular flexibility index (Phi) is 4.59. The van der Waals surface area contributed by atoms with Gasteiger partial charge in [-0.05, 0) is 36.5 Å². The Morgan fingerprint density at radius 1 is 0.792 bits per heavy atom. The SMILES string of the molecule is C1=C(/C=C/C2O[C@H](c3ccccc3)[C@@H](c3ccccc3)O2)CCC1. The fourth-order valence-electron chi connectivity index (χ4n) is 3.40. The van der Waals surface area contributed by atoms with Crippen LogP contribution >= 0.6 is 0 Å². The van der Waals surface area contributed by atoms with Gasteiger partial charge in [-0.15, -0.1) is 0 Å². The molecule has 0 bridgehead atoms. The molecule has 2 nitrogen and oxygen atoms in total. The van der Waals surface area contributed by atoms with Crippen LogP contribution in [0.2, 0.25) is 0 Å². The maximum atomic E-state index is 6.24. The van der Waals surface area contributed by atoms with Gasteiger partial charge in [-0.1, -0.05) is 78.4 Å². The normalized spacial score (nSPS) is 24.6. The van der Waals surface area contributed by atoms with Crippen molar-refractivity contribution in [3.05, 3.63) is 95.6 Å². The molecule has 1 aliphatic carbocycles. The summed E-state index contributed by atoms with van der Waals surface area (Å²) in [6.07, 6.45) is 9.64. The second kappa shape index (κ2) is 7.16. The number of allylic oxidation sites excluding steroid dienone is 3. The monoisotopic (exact) mass is 318 g/mol. The van der Waals surface area contributed by atoms with Gasteiger partial charge in [0, 0.05) is 0 Å². The van der Waals surface area contributed by atoms with Gasteiger partial charge < -0.3 is 9.47 Å². The molecule has 0 amide bonds. The zero-order chi connectivity index (χ0) is 16.2. The third-order valence-corrected chi connectivity index (χ3v) is 4.64. The summed E-state index contributed by atoms with van der Waals surface area (Å²) in [5.41, 5.74) is 3.70. The highest BCUT2D eigenvalue weighted by Crippen LogP contribution is 2.42. The molecule has 2 atom stereocenters. The molecular weight excluding hydrogens is 296 g/mol. The average molecular weight is 318 g/mol. The van der Waals surface area contributed by atoms with Crippen molar-refractivity contribution in [1.82, 2.24) is 0 Å². The number of hydrogen-bond donors (Lipinski definition) is 0. The van der Waals surface area contributed by atoms with Gasteiger partial charge >= 0.3 is 0 Å². The maximum Gasteiger partial charge on any atom is 0.178 e. The molecular formula is C22H22O2. The average Bonchev–Trinajstić information content (AvgIpc) is 3.31. The molecule has 1 aliphatic heterocycles. The highest BCUT2D eigenvalue weighted by atomic mass is 16.7. The Morgan fingerprint density at radius 3 is 1.88 bits per heavy atom. The Hall–Kier alpha value is -2.16. The van der Waals surface area contributed by atoms with Crippen LogP contribution in [0.5, 0.6) is 0 Å². The van der Waals surface area contributed by atoms with Gasteiger partial charge in [-0.2, -0.15) is 0 Å². The van der Waals surface area contributed by atoms with Crippen molar-refractivity contribution in [3.8, 4) is 0 Å². The summed E-state index contributed by atoms with van der Waals surface area (Å²) in [6, 6.07) is 20.7. The second-order valence-corrected chi connectivity index (χ2v) is 6.33. The van der Waals surface area contributed by atoms with Gasteiger partial charge in [0.25, 0.3) is 0 Å². The number of rotatable bonds is 4. The van der Waals surface area contributed by atoms with Crippen LogP contribution in [0.25, 0.3) is 0 Å². The van der Waals surface area contributed by atoms with E-state index in [9.17, 15) is 0 Å². The molecule has 24 heavy (non-hydrogen) atoms. The van der Waals surface area contributed by atoms with E-state index in [1.165, 1.54) is 18.4 Å². The first-order valence-electron chi connectivity index (χ1n) is 8.68. The first-order chi connectivity index (χ1) is 11.9. The summed E-state index contributed by atoms with van der Waals surface area (Å²) in [5, 5.41) is 0. The van der Waals surface area contributed by atoms with Crippen molar-refractivity contribution >= 4 is 0 Å². The summed E-state index contributed by atoms with van der Waals surface area (Å²) in [4.78, 5) is 0. The van der Waals surface area contributed by atoms with Crippen molar-refractivity contribution in [2.24, 2.45) is 0 Å². The van der Waals surface area contributed by atoms with E-state index in [1.807, 2.05) is 36.4 Å². The summed E-state index contributed by atoms with van der Waals surface area (Å²) >= 11 is 0. The van der Waals surface area contributed by atoms with Crippen molar-refractivity contribution in [1.29, 1.82) is 0 Å². The minimum atomic E-state index is -0.304. The van der Waals surface area contributed by atoms with Gasteiger partial charge in [-0.3, -0.25) is 0 Å². The molecule has 2 heteroatoms. The molecule has 2 aliphatic rings. The van der Waals surface area contributed by atoms with Crippen molar-refractivity contribution in [2.75, 3.05) is 0 Å². The van der Waals surface area contributed by atoms with E-state index in [1.54, 1.807) is 0 Å². The van der Waals surface area contributed by atoms with E-state index >= 15 is 0 Å². The van der Waals surface area contributed by atoms with Crippen LogP contribution in [0.1, 0.15) is 42.6 Å². The molecule has 2 aromatic carbocycles. The molecule has 4 rings (SSSR count). The molecule has 1 saturated heterocycles. The Labute approximate surface area is 143 Å². The molecule has 0 saturated carbocycles. The lowest BCUT2D eigenvalue weighted by molar-refractivity contribution is -0.0291. The van der Waals surface area contributed by atoms with E-state index in [-0.39, 0.29) is 18.5 Å². The number of hydrogen-bond acceptors (Lipinski definition) is 2. The van der Waals surface area contributed by atoms with E-state index in [0.717, 1.165) is 17.5 Å². The largest absolute Gasteiger partial charge is 0.338 e. The molecule has 122 valence electrons. The number of benzene rings is 2. The Balaban J connectivity index is 1.58. The maximum absolute atomic E-state index is 6.24. The number of ether oxygens (including phenoxy) is 2. The van der Waals surface area contributed by atoms with Crippen LogP contribution in [0.4, 0.5) is 0 Å². The molecule has 2 aromatic rings. The van der Waals surface area contributed by atoms with Gasteiger partial charge in [0.1, 0.15) is 12.2 Å². The summed E-state index contributed by atoms with van der Waals surface area (Å²) in [5.74, 6) is 0. The van der Waals surface area contributed by atoms with E-state index in [2.05, 4.69) is 42.5 Å². The highest BCUT2D eigenvalue weighted by Gasteiger charge is 2.36. The van der Waals surface area contributed by atoms with Crippen LogP contribution in [-0.2, 0) is 9.47 Å². The van der Waals surface area contributed by atoms with Gasteiger partial charge in [-0.25, -0.2) is 0 Å². The standard InChI is InChI=1S/C22H22O2/c1-3-11-18(12-4-1)21-22(19-13-5-2-6-14-19)24-20(23-21)16-15-17-9-7-8-10-17/h1-6,9,11-16,20-22H,7-8,10H2/b16-15+/t21-,22-/m1/s1. The summed E-state index contributed by atoms with van der Waals surface area (Å²) < 4.78 is 12.5. The molecule has 0 spiro atoms. The topological polar surface area (TPSA) is 18.5 Å².